The Bertz CT molecular complexity index is 327. The fourth-order valence-corrected chi connectivity index (χ4v) is 1.76. The van der Waals surface area contributed by atoms with Gasteiger partial charge in [-0.3, -0.25) is 0 Å². The van der Waals surface area contributed by atoms with Crippen LogP contribution in [0.5, 0.6) is 0 Å². The first-order valence-corrected chi connectivity index (χ1v) is 6.56. The molecule has 0 amide bonds. The number of hydrogen-bond acceptors (Lipinski definition) is 1. The van der Waals surface area contributed by atoms with Crippen LogP contribution in [0.25, 0.3) is 5.57 Å². The van der Waals surface area contributed by atoms with Crippen molar-refractivity contribution in [3.63, 3.8) is 0 Å². The van der Waals surface area contributed by atoms with Gasteiger partial charge in [-0.2, -0.15) is 0 Å². The lowest BCUT2D eigenvalue weighted by molar-refractivity contribution is 0.467. The predicted molar refractivity (Wildman–Crippen MR) is 77.0 cm³/mol. The molecule has 1 rings (SSSR count). The van der Waals surface area contributed by atoms with E-state index < -0.39 is 0 Å². The van der Waals surface area contributed by atoms with Gasteiger partial charge in [0.2, 0.25) is 0 Å². The largest absolute Gasteiger partial charge is 0.310 e. The summed E-state index contributed by atoms with van der Waals surface area (Å²) in [6, 6.07) is 10.9. The Balaban J connectivity index is 2.29. The van der Waals surface area contributed by atoms with Gasteiger partial charge in [0.05, 0.1) is 0 Å². The summed E-state index contributed by atoms with van der Waals surface area (Å²) in [5, 5.41) is 3.54. The van der Waals surface area contributed by atoms with Crippen LogP contribution in [0.1, 0.15) is 39.2 Å². The highest BCUT2D eigenvalue weighted by Crippen LogP contribution is 2.11. The minimum Gasteiger partial charge on any atom is -0.310 e. The molecule has 0 aliphatic rings. The summed E-state index contributed by atoms with van der Waals surface area (Å²) in [7, 11) is 0. The molecule has 0 heterocycles. The molecule has 1 unspecified atom stereocenters. The number of rotatable bonds is 7. The summed E-state index contributed by atoms with van der Waals surface area (Å²) in [6.07, 6.45) is 2.52. The Hall–Kier alpha value is -1.08. The summed E-state index contributed by atoms with van der Waals surface area (Å²) in [6.45, 7) is 11.8. The molecule has 1 heteroatoms. The average Bonchev–Trinajstić information content (AvgIpc) is 2.34. The van der Waals surface area contributed by atoms with Gasteiger partial charge in [-0.1, -0.05) is 50.8 Å². The first-order chi connectivity index (χ1) is 8.09. The van der Waals surface area contributed by atoms with E-state index in [1.807, 2.05) is 6.07 Å². The molecule has 0 aliphatic carbocycles. The van der Waals surface area contributed by atoms with Gasteiger partial charge in [0.1, 0.15) is 0 Å². The zero-order valence-electron chi connectivity index (χ0n) is 11.4. The monoisotopic (exact) mass is 231 g/mol. The summed E-state index contributed by atoms with van der Waals surface area (Å²) in [4.78, 5) is 0. The van der Waals surface area contributed by atoms with Gasteiger partial charge in [-0.15, -0.1) is 0 Å². The zero-order valence-corrected chi connectivity index (χ0v) is 11.4. The third-order valence-electron chi connectivity index (χ3n) is 3.02. The second-order valence-corrected chi connectivity index (χ2v) is 5.22. The van der Waals surface area contributed by atoms with Crippen LogP contribution in [0.15, 0.2) is 36.9 Å². The van der Waals surface area contributed by atoms with Crippen LogP contribution in [0.2, 0.25) is 0 Å². The van der Waals surface area contributed by atoms with Gasteiger partial charge in [0.25, 0.3) is 0 Å². The fraction of sp³-hybridized carbons (Fsp3) is 0.500. The van der Waals surface area contributed by atoms with E-state index in [2.05, 4.69) is 56.9 Å². The molecule has 0 fully saturated rings. The Morgan fingerprint density at radius 2 is 1.76 bits per heavy atom. The zero-order chi connectivity index (χ0) is 12.7. The van der Waals surface area contributed by atoms with E-state index in [1.165, 1.54) is 24.0 Å². The number of hydrogen-bond donors (Lipinski definition) is 1. The van der Waals surface area contributed by atoms with Crippen molar-refractivity contribution >= 4 is 5.57 Å². The molecule has 0 aromatic heterocycles. The molecule has 1 aromatic rings. The quantitative estimate of drug-likeness (QED) is 0.744. The lowest BCUT2D eigenvalue weighted by Crippen LogP contribution is -2.27. The maximum Gasteiger partial charge on any atom is 0.0208 e. The van der Waals surface area contributed by atoms with Crippen LogP contribution in [0, 0.1) is 5.92 Å². The number of benzene rings is 1. The van der Waals surface area contributed by atoms with Gasteiger partial charge in [-0.25, -0.2) is 0 Å². The maximum absolute atomic E-state index is 4.13. The summed E-state index contributed by atoms with van der Waals surface area (Å²) in [5.74, 6) is 0.788. The Morgan fingerprint density at radius 1 is 1.12 bits per heavy atom. The van der Waals surface area contributed by atoms with E-state index in [1.54, 1.807) is 0 Å². The normalized spacial score (nSPS) is 12.7. The second-order valence-electron chi connectivity index (χ2n) is 5.22. The Morgan fingerprint density at radius 3 is 2.35 bits per heavy atom. The molecule has 0 saturated carbocycles. The van der Waals surface area contributed by atoms with Crippen LogP contribution in [-0.4, -0.2) is 12.6 Å². The molecule has 1 aromatic carbocycles. The Labute approximate surface area is 106 Å². The van der Waals surface area contributed by atoms with Gasteiger partial charge >= 0.3 is 0 Å². The summed E-state index contributed by atoms with van der Waals surface area (Å²) >= 11 is 0. The third-order valence-corrected chi connectivity index (χ3v) is 3.02. The van der Waals surface area contributed by atoms with Crippen molar-refractivity contribution in [3.05, 3.63) is 42.5 Å². The molecule has 1 N–H and O–H groups in total. The highest BCUT2D eigenvalue weighted by molar-refractivity contribution is 5.64. The van der Waals surface area contributed by atoms with Crippen LogP contribution in [-0.2, 0) is 0 Å². The van der Waals surface area contributed by atoms with Crippen LogP contribution < -0.4 is 5.32 Å². The smallest absolute Gasteiger partial charge is 0.0208 e. The second kappa shape index (κ2) is 7.29. The molecule has 17 heavy (non-hydrogen) atoms. The maximum atomic E-state index is 4.13. The van der Waals surface area contributed by atoms with E-state index in [-0.39, 0.29) is 0 Å². The molecular weight excluding hydrogens is 206 g/mol. The lowest BCUT2D eigenvalue weighted by atomic mass is 10.0. The third kappa shape index (κ3) is 5.69. The summed E-state index contributed by atoms with van der Waals surface area (Å²) in [5.41, 5.74) is 2.40. The molecular formula is C16H25N. The molecule has 0 spiro atoms. The molecule has 94 valence electrons. The van der Waals surface area contributed by atoms with Gasteiger partial charge in [0.15, 0.2) is 0 Å². The Kier molecular flexibility index (Phi) is 5.99. The van der Waals surface area contributed by atoms with E-state index >= 15 is 0 Å². The van der Waals surface area contributed by atoms with E-state index in [0.29, 0.717) is 6.04 Å². The molecule has 0 bridgehead atoms. The predicted octanol–water partition coefficient (Wildman–Crippen LogP) is 4.11. The molecule has 1 atom stereocenters. The van der Waals surface area contributed by atoms with Crippen molar-refractivity contribution in [1.29, 1.82) is 0 Å². The lowest BCUT2D eigenvalue weighted by Gasteiger charge is -2.16. The van der Waals surface area contributed by atoms with E-state index in [9.17, 15) is 0 Å². The van der Waals surface area contributed by atoms with Crippen LogP contribution >= 0.6 is 0 Å². The van der Waals surface area contributed by atoms with Crippen molar-refractivity contribution in [3.8, 4) is 0 Å². The average molecular weight is 231 g/mol. The fourth-order valence-electron chi connectivity index (χ4n) is 1.76. The minimum atomic E-state index is 0.567. The van der Waals surface area contributed by atoms with Crippen molar-refractivity contribution in [1.82, 2.24) is 5.32 Å². The highest BCUT2D eigenvalue weighted by atomic mass is 14.9. The highest BCUT2D eigenvalue weighted by Gasteiger charge is 2.04. The van der Waals surface area contributed by atoms with Gasteiger partial charge in [-0.05, 0) is 36.8 Å². The minimum absolute atomic E-state index is 0.567. The molecule has 0 radical (unpaired) electrons. The number of nitrogens with one attached hydrogen (secondary N) is 1. The van der Waals surface area contributed by atoms with Crippen molar-refractivity contribution in [2.45, 2.75) is 39.7 Å². The van der Waals surface area contributed by atoms with E-state index in [0.717, 1.165) is 12.5 Å². The first-order valence-electron chi connectivity index (χ1n) is 6.56. The SMILES string of the molecule is C=C(CNC(C)CCC(C)C)c1ccccc1. The van der Waals surface area contributed by atoms with Crippen LogP contribution in [0.3, 0.4) is 0 Å². The molecule has 1 nitrogen and oxygen atoms in total. The molecule has 0 saturated heterocycles. The topological polar surface area (TPSA) is 12.0 Å². The van der Waals surface area contributed by atoms with Gasteiger partial charge < -0.3 is 5.32 Å². The van der Waals surface area contributed by atoms with E-state index in [4.69, 9.17) is 0 Å². The van der Waals surface area contributed by atoms with Crippen molar-refractivity contribution in [2.24, 2.45) is 5.92 Å². The summed E-state index contributed by atoms with van der Waals surface area (Å²) < 4.78 is 0. The van der Waals surface area contributed by atoms with Crippen LogP contribution in [0.4, 0.5) is 0 Å². The first kappa shape index (κ1) is 14.0. The van der Waals surface area contributed by atoms with Gasteiger partial charge in [0, 0.05) is 12.6 Å². The van der Waals surface area contributed by atoms with Crippen molar-refractivity contribution in [2.75, 3.05) is 6.54 Å². The standard InChI is InChI=1S/C16H25N/c1-13(2)10-11-15(4)17-12-14(3)16-8-6-5-7-9-16/h5-9,13,15,17H,3,10-12H2,1-2,4H3. The van der Waals surface area contributed by atoms with Crippen molar-refractivity contribution < 1.29 is 0 Å². The molecule has 0 aliphatic heterocycles.